The molecule has 34 heavy (non-hydrogen) atoms. The van der Waals surface area contributed by atoms with Gasteiger partial charge in [0, 0.05) is 5.56 Å². The number of hydrogen-bond acceptors (Lipinski definition) is 5. The van der Waals surface area contributed by atoms with Crippen LogP contribution in [0.1, 0.15) is 22.7 Å². The Morgan fingerprint density at radius 1 is 0.882 bits per heavy atom. The number of rotatable bonds is 5. The van der Waals surface area contributed by atoms with Crippen LogP contribution < -0.4 is 4.90 Å². The first kappa shape index (κ1) is 22.1. The molecule has 5 rings (SSSR count). The topological polar surface area (TPSA) is 77.9 Å². The predicted octanol–water partition coefficient (Wildman–Crippen LogP) is 4.63. The van der Waals surface area contributed by atoms with E-state index in [1.54, 1.807) is 41.3 Å². The van der Waals surface area contributed by atoms with Crippen LogP contribution >= 0.6 is 24.0 Å². The van der Waals surface area contributed by atoms with E-state index in [0.717, 1.165) is 22.2 Å². The smallest absolute Gasteiger partial charge is 0.331 e. The second-order valence-corrected chi connectivity index (χ2v) is 9.44. The van der Waals surface area contributed by atoms with Gasteiger partial charge in [-0.25, -0.2) is 4.79 Å². The molecule has 8 heteroatoms. The number of carbonyl (C=O) groups is 3. The third-order valence-corrected chi connectivity index (χ3v) is 7.14. The molecule has 0 aliphatic carbocycles. The van der Waals surface area contributed by atoms with Gasteiger partial charge in [0.2, 0.25) is 0 Å². The summed E-state index contributed by atoms with van der Waals surface area (Å²) in [5, 5.41) is 9.94. The largest absolute Gasteiger partial charge is 0.479 e. The number of thiocarbonyl (C=S) groups is 1. The lowest BCUT2D eigenvalue weighted by Gasteiger charge is -2.23. The van der Waals surface area contributed by atoms with Crippen molar-refractivity contribution in [3.63, 3.8) is 0 Å². The Balaban J connectivity index is 1.58. The number of para-hydroxylation sites is 1. The van der Waals surface area contributed by atoms with Gasteiger partial charge >= 0.3 is 5.97 Å². The van der Waals surface area contributed by atoms with Crippen molar-refractivity contribution in [3.8, 4) is 0 Å². The first-order valence-corrected chi connectivity index (χ1v) is 11.7. The number of aliphatic carboxylic acids is 1. The minimum Gasteiger partial charge on any atom is -0.479 e. The van der Waals surface area contributed by atoms with E-state index in [1.807, 2.05) is 48.5 Å². The van der Waals surface area contributed by atoms with Crippen LogP contribution in [0.25, 0.3) is 5.57 Å². The number of thioether (sulfide) groups is 1. The summed E-state index contributed by atoms with van der Waals surface area (Å²) in [6.45, 7) is 0.349. The first-order chi connectivity index (χ1) is 16.5. The van der Waals surface area contributed by atoms with Crippen molar-refractivity contribution in [2.45, 2.75) is 12.6 Å². The third kappa shape index (κ3) is 3.70. The van der Waals surface area contributed by atoms with E-state index in [0.29, 0.717) is 23.4 Å². The van der Waals surface area contributed by atoms with Gasteiger partial charge in [-0.05, 0) is 17.2 Å². The predicted molar refractivity (Wildman–Crippen MR) is 135 cm³/mol. The van der Waals surface area contributed by atoms with Crippen molar-refractivity contribution in [2.24, 2.45) is 0 Å². The second-order valence-electron chi connectivity index (χ2n) is 7.79. The molecular formula is C26H18N2O4S2. The molecule has 0 saturated carbocycles. The van der Waals surface area contributed by atoms with Crippen LogP contribution in [0.3, 0.4) is 0 Å². The van der Waals surface area contributed by atoms with Gasteiger partial charge in [-0.1, -0.05) is 103 Å². The van der Waals surface area contributed by atoms with E-state index in [-0.39, 0.29) is 20.7 Å². The van der Waals surface area contributed by atoms with Crippen molar-refractivity contribution >= 4 is 57.3 Å². The monoisotopic (exact) mass is 486 g/mol. The van der Waals surface area contributed by atoms with Crippen LogP contribution in [-0.2, 0) is 20.9 Å². The molecule has 1 atom stereocenters. The van der Waals surface area contributed by atoms with Crippen molar-refractivity contribution in [2.75, 3.05) is 4.90 Å². The van der Waals surface area contributed by atoms with Crippen LogP contribution in [0, 0.1) is 0 Å². The fourth-order valence-corrected chi connectivity index (χ4v) is 5.60. The highest BCUT2D eigenvalue weighted by atomic mass is 32.2. The van der Waals surface area contributed by atoms with Crippen molar-refractivity contribution < 1.29 is 19.5 Å². The number of fused-ring (bicyclic) bond motifs is 1. The van der Waals surface area contributed by atoms with Crippen LogP contribution in [0.15, 0.2) is 89.8 Å². The molecule has 2 heterocycles. The highest BCUT2D eigenvalue weighted by Gasteiger charge is 2.46. The normalized spacial score (nSPS) is 18.4. The van der Waals surface area contributed by atoms with E-state index < -0.39 is 17.9 Å². The summed E-state index contributed by atoms with van der Waals surface area (Å²) in [6, 6.07) is 24.1. The molecule has 1 N–H and O–H groups in total. The number of carboxylic acids is 1. The zero-order valence-corrected chi connectivity index (χ0v) is 19.4. The molecule has 3 aromatic rings. The molecule has 168 valence electrons. The number of amides is 2. The summed E-state index contributed by atoms with van der Waals surface area (Å²) in [5.41, 5.74) is 2.98. The van der Waals surface area contributed by atoms with Crippen molar-refractivity contribution in [1.82, 2.24) is 4.90 Å². The average molecular weight is 487 g/mol. The van der Waals surface area contributed by atoms with Crippen LogP contribution in [-0.4, -0.2) is 32.1 Å². The number of benzene rings is 3. The lowest BCUT2D eigenvalue weighted by atomic mass is 10.0. The van der Waals surface area contributed by atoms with E-state index >= 15 is 0 Å². The number of carbonyl (C=O) groups excluding carboxylic acids is 2. The van der Waals surface area contributed by atoms with Gasteiger partial charge in [0.25, 0.3) is 11.8 Å². The minimum atomic E-state index is -1.28. The Morgan fingerprint density at radius 3 is 2.18 bits per heavy atom. The standard InChI is InChI=1S/C26H18N2O4S2/c29-23-20(18-13-7-8-14-19(18)27(23)15-16-9-3-1-4-10-16)22-24(30)28(26(33)34-22)21(25(31)32)17-11-5-2-6-12-17/h1-14,21H,15H2,(H,31,32)/b22-20-. The average Bonchev–Trinajstić information content (AvgIpc) is 3.28. The molecule has 0 spiro atoms. The van der Waals surface area contributed by atoms with E-state index in [9.17, 15) is 19.5 Å². The molecular weight excluding hydrogens is 468 g/mol. The van der Waals surface area contributed by atoms with Crippen molar-refractivity contribution in [1.29, 1.82) is 0 Å². The second kappa shape index (κ2) is 8.89. The van der Waals surface area contributed by atoms with Gasteiger partial charge in [0.1, 0.15) is 4.32 Å². The quantitative estimate of drug-likeness (QED) is 0.419. The number of carboxylic acid groups (broad SMARTS) is 1. The molecule has 0 radical (unpaired) electrons. The number of hydrogen-bond donors (Lipinski definition) is 1. The van der Waals surface area contributed by atoms with E-state index in [1.165, 1.54) is 0 Å². The summed E-state index contributed by atoms with van der Waals surface area (Å²) < 4.78 is 0.107. The maximum absolute atomic E-state index is 13.6. The Kier molecular flexibility index (Phi) is 5.77. The molecule has 2 amide bonds. The molecule has 0 aromatic heterocycles. The van der Waals surface area contributed by atoms with Gasteiger partial charge in [-0.15, -0.1) is 0 Å². The summed E-state index contributed by atoms with van der Waals surface area (Å²) in [7, 11) is 0. The third-order valence-electron chi connectivity index (χ3n) is 5.74. The summed E-state index contributed by atoms with van der Waals surface area (Å²) in [6.07, 6.45) is 0. The Labute approximate surface area is 205 Å². The zero-order valence-electron chi connectivity index (χ0n) is 17.8. The van der Waals surface area contributed by atoms with E-state index in [4.69, 9.17) is 12.2 Å². The van der Waals surface area contributed by atoms with E-state index in [2.05, 4.69) is 0 Å². The zero-order chi connectivity index (χ0) is 23.8. The Morgan fingerprint density at radius 2 is 1.50 bits per heavy atom. The summed E-state index contributed by atoms with van der Waals surface area (Å²) in [4.78, 5) is 42.2. The SMILES string of the molecule is O=C(O)C(c1ccccc1)N1C(=O)/C(=C2/C(=O)N(Cc3ccccc3)c3ccccc32)SC1=S. The lowest BCUT2D eigenvalue weighted by molar-refractivity contribution is -0.145. The van der Waals surface area contributed by atoms with Crippen LogP contribution in [0.4, 0.5) is 5.69 Å². The lowest BCUT2D eigenvalue weighted by Crippen LogP contribution is -2.37. The van der Waals surface area contributed by atoms with Gasteiger partial charge in [0.05, 0.1) is 22.7 Å². The molecule has 6 nitrogen and oxygen atoms in total. The molecule has 0 bridgehead atoms. The fourth-order valence-electron chi connectivity index (χ4n) is 4.21. The molecule has 1 unspecified atom stereocenters. The highest BCUT2D eigenvalue weighted by Crippen LogP contribution is 2.46. The van der Waals surface area contributed by atoms with Gasteiger partial charge < -0.3 is 10.0 Å². The number of anilines is 1. The fraction of sp³-hybridized carbons (Fsp3) is 0.0769. The Hall–Kier alpha value is -3.75. The van der Waals surface area contributed by atoms with Crippen LogP contribution in [0.5, 0.6) is 0 Å². The van der Waals surface area contributed by atoms with Crippen molar-refractivity contribution in [3.05, 3.63) is 107 Å². The highest BCUT2D eigenvalue weighted by molar-refractivity contribution is 8.26. The first-order valence-electron chi connectivity index (χ1n) is 10.5. The molecule has 1 saturated heterocycles. The van der Waals surface area contributed by atoms with Gasteiger partial charge in [-0.3, -0.25) is 14.5 Å². The molecule has 2 aliphatic rings. The van der Waals surface area contributed by atoms with Crippen LogP contribution in [0.2, 0.25) is 0 Å². The van der Waals surface area contributed by atoms with Gasteiger partial charge in [0.15, 0.2) is 6.04 Å². The minimum absolute atomic E-state index is 0.107. The summed E-state index contributed by atoms with van der Waals surface area (Å²) in [5.74, 6) is -2.08. The van der Waals surface area contributed by atoms with Gasteiger partial charge in [-0.2, -0.15) is 0 Å². The summed E-state index contributed by atoms with van der Waals surface area (Å²) >= 11 is 6.41. The maximum Gasteiger partial charge on any atom is 0.331 e. The molecule has 1 fully saturated rings. The molecule has 2 aliphatic heterocycles. The number of nitrogens with zero attached hydrogens (tertiary/aromatic N) is 2. The Bertz CT molecular complexity index is 1360. The molecule has 3 aromatic carbocycles. The maximum atomic E-state index is 13.6.